The molecule has 6 nitrogen and oxygen atoms in total. The zero-order valence-corrected chi connectivity index (χ0v) is 15.6. The molecule has 3 N–H and O–H groups in total. The first-order valence-electron chi connectivity index (χ1n) is 9.15. The topological polar surface area (TPSA) is 76.8 Å². The van der Waals surface area contributed by atoms with Crippen LogP contribution in [0.1, 0.15) is 10.4 Å². The van der Waals surface area contributed by atoms with E-state index >= 15 is 0 Å². The van der Waals surface area contributed by atoms with Crippen LogP contribution in [0.2, 0.25) is 0 Å². The molecule has 2 aromatic carbocycles. The zero-order valence-electron chi connectivity index (χ0n) is 15.6. The summed E-state index contributed by atoms with van der Waals surface area (Å²) in [6.07, 6.45) is 0.451. The third kappa shape index (κ3) is 5.31. The number of rotatable bonds is 7. The van der Waals surface area contributed by atoms with E-state index in [1.807, 2.05) is 24.3 Å². The quantitative estimate of drug-likeness (QED) is 0.766. The molecule has 0 atom stereocenters. The van der Waals surface area contributed by atoms with Crippen LogP contribution in [-0.2, 0) is 4.74 Å². The highest BCUT2D eigenvalue weighted by Gasteiger charge is 2.11. The van der Waals surface area contributed by atoms with E-state index < -0.39 is 0 Å². The van der Waals surface area contributed by atoms with Crippen LogP contribution in [0.5, 0.6) is 5.75 Å². The summed E-state index contributed by atoms with van der Waals surface area (Å²) in [5.74, 6) is 0.330. The number of morpholine rings is 1. The minimum absolute atomic E-state index is 0.0774. The van der Waals surface area contributed by atoms with Crippen molar-refractivity contribution >= 4 is 17.3 Å². The van der Waals surface area contributed by atoms with Crippen LogP contribution in [-0.4, -0.2) is 45.4 Å². The summed E-state index contributed by atoms with van der Waals surface area (Å²) in [7, 11) is 0. The number of halogens is 1. The highest BCUT2D eigenvalue weighted by molar-refractivity contribution is 6.04. The number of hydrogen-bond acceptors (Lipinski definition) is 5. The molecule has 1 heterocycles. The Morgan fingerprint density at radius 1 is 1.14 bits per heavy atom. The van der Waals surface area contributed by atoms with Gasteiger partial charge in [-0.2, -0.15) is 0 Å². The summed E-state index contributed by atoms with van der Waals surface area (Å²) in [5.41, 5.74) is 8.09. The van der Waals surface area contributed by atoms with Gasteiger partial charge in [-0.05, 0) is 48.5 Å². The Morgan fingerprint density at radius 2 is 1.82 bits per heavy atom. The molecular weight excluding hydrogens is 361 g/mol. The second-order valence-corrected chi connectivity index (χ2v) is 6.38. The molecule has 1 aliphatic heterocycles. The SMILES string of the molecule is NC/C(=C/F)COc1ccc(C(=O)Nc2ccc(N3CCOCC3)cc2)cc1. The van der Waals surface area contributed by atoms with E-state index in [1.165, 1.54) is 0 Å². The van der Waals surface area contributed by atoms with Gasteiger partial charge in [0.05, 0.1) is 19.5 Å². The summed E-state index contributed by atoms with van der Waals surface area (Å²) < 4.78 is 23.3. The van der Waals surface area contributed by atoms with Gasteiger partial charge < -0.3 is 25.4 Å². The molecule has 0 saturated carbocycles. The molecule has 0 aliphatic carbocycles. The average molecular weight is 385 g/mol. The number of nitrogens with two attached hydrogens (primary N) is 1. The van der Waals surface area contributed by atoms with E-state index in [4.69, 9.17) is 15.2 Å². The fourth-order valence-electron chi connectivity index (χ4n) is 2.79. The summed E-state index contributed by atoms with van der Waals surface area (Å²) >= 11 is 0. The molecule has 0 aromatic heterocycles. The molecule has 1 saturated heterocycles. The maximum Gasteiger partial charge on any atom is 0.255 e. The highest BCUT2D eigenvalue weighted by atomic mass is 19.1. The van der Waals surface area contributed by atoms with Gasteiger partial charge in [-0.15, -0.1) is 0 Å². The van der Waals surface area contributed by atoms with Gasteiger partial charge >= 0.3 is 0 Å². The van der Waals surface area contributed by atoms with Gasteiger partial charge in [0.25, 0.3) is 5.91 Å². The minimum atomic E-state index is -0.211. The van der Waals surface area contributed by atoms with Gasteiger partial charge in [-0.3, -0.25) is 4.79 Å². The fourth-order valence-corrected chi connectivity index (χ4v) is 2.79. The third-order valence-corrected chi connectivity index (χ3v) is 4.46. The van der Waals surface area contributed by atoms with Crippen molar-refractivity contribution in [2.24, 2.45) is 5.73 Å². The molecule has 0 unspecified atom stereocenters. The van der Waals surface area contributed by atoms with E-state index in [9.17, 15) is 9.18 Å². The monoisotopic (exact) mass is 385 g/mol. The minimum Gasteiger partial charge on any atom is -0.489 e. The van der Waals surface area contributed by atoms with E-state index in [2.05, 4.69) is 10.2 Å². The third-order valence-electron chi connectivity index (χ3n) is 4.46. The Kier molecular flexibility index (Phi) is 7.00. The molecule has 1 fully saturated rings. The van der Waals surface area contributed by atoms with Gasteiger partial charge in [-0.1, -0.05) is 0 Å². The van der Waals surface area contributed by atoms with E-state index in [0.29, 0.717) is 23.2 Å². The van der Waals surface area contributed by atoms with Gasteiger partial charge in [0, 0.05) is 42.1 Å². The van der Waals surface area contributed by atoms with Gasteiger partial charge in [0.2, 0.25) is 0 Å². The number of anilines is 2. The molecule has 0 bridgehead atoms. The summed E-state index contributed by atoms with van der Waals surface area (Å²) in [5, 5.41) is 2.88. The van der Waals surface area contributed by atoms with Gasteiger partial charge in [0.1, 0.15) is 12.4 Å². The van der Waals surface area contributed by atoms with E-state index in [-0.39, 0.29) is 19.1 Å². The van der Waals surface area contributed by atoms with Crippen molar-refractivity contribution in [1.82, 2.24) is 0 Å². The Labute approximate surface area is 163 Å². The van der Waals surface area contributed by atoms with Crippen LogP contribution in [0.3, 0.4) is 0 Å². The summed E-state index contributed by atoms with van der Waals surface area (Å²) in [6, 6.07) is 14.4. The number of ether oxygens (including phenoxy) is 2. The van der Waals surface area contributed by atoms with Crippen LogP contribution >= 0.6 is 0 Å². The number of carbonyl (C=O) groups excluding carboxylic acids is 1. The number of nitrogens with zero attached hydrogens (tertiary/aromatic N) is 1. The first-order valence-corrected chi connectivity index (χ1v) is 9.15. The largest absolute Gasteiger partial charge is 0.489 e. The lowest BCUT2D eigenvalue weighted by Crippen LogP contribution is -2.36. The second kappa shape index (κ2) is 9.87. The normalized spacial score (nSPS) is 14.6. The average Bonchev–Trinajstić information content (AvgIpc) is 2.76. The van der Waals surface area contributed by atoms with Crippen LogP contribution in [0.25, 0.3) is 0 Å². The predicted octanol–water partition coefficient (Wildman–Crippen LogP) is 2.97. The molecular formula is C21H24FN3O3. The molecule has 7 heteroatoms. The van der Waals surface area contributed by atoms with Crippen molar-refractivity contribution in [3.63, 3.8) is 0 Å². The van der Waals surface area contributed by atoms with Crippen molar-refractivity contribution in [1.29, 1.82) is 0 Å². The summed E-state index contributed by atoms with van der Waals surface area (Å²) in [4.78, 5) is 14.7. The number of benzene rings is 2. The smallest absolute Gasteiger partial charge is 0.255 e. The summed E-state index contributed by atoms with van der Waals surface area (Å²) in [6.45, 7) is 3.38. The lowest BCUT2D eigenvalue weighted by molar-refractivity contribution is 0.102. The van der Waals surface area contributed by atoms with Crippen molar-refractivity contribution in [2.75, 3.05) is 49.7 Å². The van der Waals surface area contributed by atoms with E-state index in [0.717, 1.165) is 37.7 Å². The van der Waals surface area contributed by atoms with Crippen LogP contribution in [0, 0.1) is 0 Å². The van der Waals surface area contributed by atoms with Crippen molar-refractivity contribution in [3.8, 4) is 5.75 Å². The standard InChI is InChI=1S/C21H24FN3O3/c22-13-16(14-23)15-28-20-7-1-17(2-8-20)21(26)24-18-3-5-19(6-4-18)25-9-11-27-12-10-25/h1-8,13H,9-12,14-15,23H2,(H,24,26)/b16-13-. The molecule has 0 radical (unpaired) electrons. The van der Waals surface area contributed by atoms with Crippen LogP contribution in [0.4, 0.5) is 15.8 Å². The molecule has 148 valence electrons. The first kappa shape index (κ1) is 19.9. The molecule has 3 rings (SSSR count). The lowest BCUT2D eigenvalue weighted by atomic mass is 10.2. The van der Waals surface area contributed by atoms with Crippen LogP contribution in [0.15, 0.2) is 60.4 Å². The Hall–Kier alpha value is -2.90. The van der Waals surface area contributed by atoms with Crippen molar-refractivity contribution in [3.05, 3.63) is 66.0 Å². The molecule has 1 aliphatic rings. The molecule has 1 amide bonds. The van der Waals surface area contributed by atoms with Gasteiger partial charge in [-0.25, -0.2) is 4.39 Å². The predicted molar refractivity (Wildman–Crippen MR) is 108 cm³/mol. The second-order valence-electron chi connectivity index (χ2n) is 6.38. The fraction of sp³-hybridized carbons (Fsp3) is 0.286. The Morgan fingerprint density at radius 3 is 2.43 bits per heavy atom. The maximum absolute atomic E-state index is 12.5. The highest BCUT2D eigenvalue weighted by Crippen LogP contribution is 2.20. The Bertz CT molecular complexity index is 801. The van der Waals surface area contributed by atoms with Crippen molar-refractivity contribution < 1.29 is 18.7 Å². The van der Waals surface area contributed by atoms with Crippen LogP contribution < -0.4 is 20.7 Å². The number of hydrogen-bond donors (Lipinski definition) is 2. The first-order chi connectivity index (χ1) is 13.7. The van der Waals surface area contributed by atoms with E-state index in [1.54, 1.807) is 24.3 Å². The molecule has 0 spiro atoms. The number of amides is 1. The molecule has 28 heavy (non-hydrogen) atoms. The maximum atomic E-state index is 12.5. The Balaban J connectivity index is 1.55. The molecule has 2 aromatic rings. The number of nitrogens with one attached hydrogen (secondary N) is 1. The van der Waals surface area contributed by atoms with Crippen molar-refractivity contribution in [2.45, 2.75) is 0 Å². The lowest BCUT2D eigenvalue weighted by Gasteiger charge is -2.28. The zero-order chi connectivity index (χ0) is 19.8. The number of carbonyl (C=O) groups is 1. The van der Waals surface area contributed by atoms with Gasteiger partial charge in [0.15, 0.2) is 0 Å².